The topological polar surface area (TPSA) is 103 Å². The van der Waals surface area contributed by atoms with Gasteiger partial charge in [-0.1, -0.05) is 13.3 Å². The second kappa shape index (κ2) is 4.94. The van der Waals surface area contributed by atoms with E-state index in [0.717, 1.165) is 0 Å². The smallest absolute Gasteiger partial charge is 0.326 e. The van der Waals surface area contributed by atoms with Gasteiger partial charge in [0.05, 0.1) is 6.33 Å². The van der Waals surface area contributed by atoms with Crippen LogP contribution < -0.4 is 0 Å². The zero-order valence-electron chi connectivity index (χ0n) is 8.71. The third kappa shape index (κ3) is 2.01. The first-order valence-corrected chi connectivity index (χ1v) is 4.75. The van der Waals surface area contributed by atoms with Crippen molar-refractivity contribution in [2.45, 2.75) is 25.8 Å². The zero-order chi connectivity index (χ0) is 12.1. The molecule has 0 radical (unpaired) electrons. The molecule has 0 aromatic carbocycles. The van der Waals surface area contributed by atoms with Gasteiger partial charge in [-0.2, -0.15) is 10.5 Å². The minimum atomic E-state index is -1.03. The Hall–Kier alpha value is -2.34. The quantitative estimate of drug-likeness (QED) is 0.813. The number of nitrogens with zero attached hydrogens (tertiary/aromatic N) is 4. The highest BCUT2D eigenvalue weighted by molar-refractivity contribution is 5.72. The van der Waals surface area contributed by atoms with Crippen molar-refractivity contribution < 1.29 is 9.90 Å². The molecule has 1 aromatic rings. The fourth-order valence-electron chi connectivity index (χ4n) is 1.44. The summed E-state index contributed by atoms with van der Waals surface area (Å²) in [7, 11) is 0. The van der Waals surface area contributed by atoms with E-state index in [1.54, 1.807) is 12.1 Å². The number of nitriles is 2. The average molecular weight is 218 g/mol. The molecule has 1 atom stereocenters. The van der Waals surface area contributed by atoms with Crippen LogP contribution in [0, 0.1) is 22.7 Å². The monoisotopic (exact) mass is 218 g/mol. The molecule has 0 amide bonds. The number of aromatic nitrogens is 2. The Balaban J connectivity index is 3.21. The number of hydrogen-bond acceptors (Lipinski definition) is 4. The third-order valence-electron chi connectivity index (χ3n) is 2.19. The number of rotatable bonds is 4. The SMILES string of the molecule is CCCC(C(=O)O)n1cnc(C#N)c1C#N. The van der Waals surface area contributed by atoms with Gasteiger partial charge in [-0.05, 0) is 6.42 Å². The molecule has 0 bridgehead atoms. The van der Waals surface area contributed by atoms with Gasteiger partial charge in [-0.25, -0.2) is 9.78 Å². The molecule has 1 unspecified atom stereocenters. The van der Waals surface area contributed by atoms with Gasteiger partial charge in [0.25, 0.3) is 0 Å². The Kier molecular flexibility index (Phi) is 3.62. The van der Waals surface area contributed by atoms with Crippen LogP contribution in [0.25, 0.3) is 0 Å². The third-order valence-corrected chi connectivity index (χ3v) is 2.19. The van der Waals surface area contributed by atoms with Crippen LogP contribution in [0.4, 0.5) is 0 Å². The van der Waals surface area contributed by atoms with E-state index in [9.17, 15) is 4.79 Å². The first-order chi connectivity index (χ1) is 7.65. The molecule has 0 aliphatic heterocycles. The van der Waals surface area contributed by atoms with E-state index < -0.39 is 12.0 Å². The number of carboxylic acid groups (broad SMARTS) is 1. The molecule has 0 saturated heterocycles. The van der Waals surface area contributed by atoms with Crippen LogP contribution >= 0.6 is 0 Å². The van der Waals surface area contributed by atoms with E-state index in [1.165, 1.54) is 10.9 Å². The minimum Gasteiger partial charge on any atom is -0.480 e. The second-order valence-electron chi connectivity index (χ2n) is 3.22. The van der Waals surface area contributed by atoms with Crippen molar-refractivity contribution in [2.75, 3.05) is 0 Å². The predicted octanol–water partition coefficient (Wildman–Crippen LogP) is 1.05. The maximum Gasteiger partial charge on any atom is 0.326 e. The summed E-state index contributed by atoms with van der Waals surface area (Å²) < 4.78 is 1.24. The second-order valence-corrected chi connectivity index (χ2v) is 3.22. The summed E-state index contributed by atoms with van der Waals surface area (Å²) in [6.07, 6.45) is 2.29. The lowest BCUT2D eigenvalue weighted by Crippen LogP contribution is -2.19. The van der Waals surface area contributed by atoms with Crippen molar-refractivity contribution in [1.82, 2.24) is 9.55 Å². The first-order valence-electron chi connectivity index (χ1n) is 4.75. The highest BCUT2D eigenvalue weighted by Gasteiger charge is 2.23. The van der Waals surface area contributed by atoms with Crippen LogP contribution in [0.15, 0.2) is 6.33 Å². The van der Waals surface area contributed by atoms with Crippen LogP contribution in [0.5, 0.6) is 0 Å². The van der Waals surface area contributed by atoms with Crippen molar-refractivity contribution in [3.63, 3.8) is 0 Å². The van der Waals surface area contributed by atoms with Crippen molar-refractivity contribution >= 4 is 5.97 Å². The highest BCUT2D eigenvalue weighted by Crippen LogP contribution is 2.18. The van der Waals surface area contributed by atoms with Crippen molar-refractivity contribution in [3.05, 3.63) is 17.7 Å². The molecule has 0 aliphatic rings. The van der Waals surface area contributed by atoms with Gasteiger partial charge < -0.3 is 9.67 Å². The Morgan fingerprint density at radius 2 is 2.31 bits per heavy atom. The first kappa shape index (κ1) is 11.7. The van der Waals surface area contributed by atoms with E-state index >= 15 is 0 Å². The summed E-state index contributed by atoms with van der Waals surface area (Å²) >= 11 is 0. The van der Waals surface area contributed by atoms with E-state index in [-0.39, 0.29) is 11.4 Å². The fraction of sp³-hybridized carbons (Fsp3) is 0.400. The summed E-state index contributed by atoms with van der Waals surface area (Å²) in [5, 5.41) is 26.6. The maximum atomic E-state index is 11.0. The fourth-order valence-corrected chi connectivity index (χ4v) is 1.44. The molecule has 82 valence electrons. The normalized spacial score (nSPS) is 11.4. The van der Waals surface area contributed by atoms with Crippen LogP contribution in [0.2, 0.25) is 0 Å². The summed E-state index contributed by atoms with van der Waals surface area (Å²) in [4.78, 5) is 14.7. The van der Waals surface area contributed by atoms with Crippen molar-refractivity contribution in [1.29, 1.82) is 10.5 Å². The van der Waals surface area contributed by atoms with E-state index in [2.05, 4.69) is 4.98 Å². The van der Waals surface area contributed by atoms with E-state index in [4.69, 9.17) is 15.6 Å². The maximum absolute atomic E-state index is 11.0. The molecule has 0 spiro atoms. The molecule has 0 fully saturated rings. The van der Waals surface area contributed by atoms with Gasteiger partial charge in [0, 0.05) is 0 Å². The zero-order valence-corrected chi connectivity index (χ0v) is 8.71. The Morgan fingerprint density at radius 1 is 1.62 bits per heavy atom. The molecule has 1 N–H and O–H groups in total. The summed E-state index contributed by atoms with van der Waals surface area (Å²) in [5.74, 6) is -1.03. The lowest BCUT2D eigenvalue weighted by Gasteiger charge is -2.13. The lowest BCUT2D eigenvalue weighted by atomic mass is 10.1. The Bertz CT molecular complexity index is 478. The number of carbonyl (C=O) groups is 1. The lowest BCUT2D eigenvalue weighted by molar-refractivity contribution is -0.141. The summed E-state index contributed by atoms with van der Waals surface area (Å²) in [6.45, 7) is 1.85. The van der Waals surface area contributed by atoms with Crippen molar-refractivity contribution in [3.8, 4) is 12.1 Å². The number of hydrogen-bond donors (Lipinski definition) is 1. The molecule has 6 heteroatoms. The Labute approximate surface area is 92.4 Å². The van der Waals surface area contributed by atoms with Gasteiger partial charge >= 0.3 is 5.97 Å². The molecule has 6 nitrogen and oxygen atoms in total. The number of imidazole rings is 1. The molecular weight excluding hydrogens is 208 g/mol. The standard InChI is InChI=1S/C10H10N4O2/c1-2-3-8(10(15)16)14-6-13-7(4-11)9(14)5-12/h6,8H,2-3H2,1H3,(H,15,16). The van der Waals surface area contributed by atoms with Gasteiger partial charge in [-0.15, -0.1) is 0 Å². The van der Waals surface area contributed by atoms with Crippen LogP contribution in [0.1, 0.15) is 37.2 Å². The molecule has 1 heterocycles. The molecule has 1 rings (SSSR count). The van der Waals surface area contributed by atoms with Crippen LogP contribution in [-0.4, -0.2) is 20.6 Å². The summed E-state index contributed by atoms with van der Waals surface area (Å²) in [6, 6.07) is 2.72. The predicted molar refractivity (Wildman–Crippen MR) is 53.2 cm³/mol. The molecule has 1 aromatic heterocycles. The summed E-state index contributed by atoms with van der Waals surface area (Å²) in [5.41, 5.74) is -0.0341. The van der Waals surface area contributed by atoms with Crippen LogP contribution in [0.3, 0.4) is 0 Å². The van der Waals surface area contributed by atoms with Gasteiger partial charge in [-0.3, -0.25) is 0 Å². The number of carboxylic acids is 1. The molecule has 0 saturated carbocycles. The van der Waals surface area contributed by atoms with E-state index in [1.807, 2.05) is 6.92 Å². The highest BCUT2D eigenvalue weighted by atomic mass is 16.4. The largest absolute Gasteiger partial charge is 0.480 e. The van der Waals surface area contributed by atoms with Crippen LogP contribution in [-0.2, 0) is 4.79 Å². The average Bonchev–Trinajstić information content (AvgIpc) is 2.67. The van der Waals surface area contributed by atoms with Gasteiger partial charge in [0.2, 0.25) is 0 Å². The molecular formula is C10H10N4O2. The van der Waals surface area contributed by atoms with Gasteiger partial charge in [0.1, 0.15) is 18.2 Å². The van der Waals surface area contributed by atoms with E-state index in [0.29, 0.717) is 12.8 Å². The Morgan fingerprint density at radius 3 is 2.75 bits per heavy atom. The molecule has 0 aliphatic carbocycles. The number of aliphatic carboxylic acids is 1. The van der Waals surface area contributed by atoms with Crippen molar-refractivity contribution in [2.24, 2.45) is 0 Å². The van der Waals surface area contributed by atoms with Gasteiger partial charge in [0.15, 0.2) is 11.4 Å². The molecule has 16 heavy (non-hydrogen) atoms. The minimum absolute atomic E-state index is 0.00310.